The summed E-state index contributed by atoms with van der Waals surface area (Å²) < 4.78 is 26.7. The second-order valence-corrected chi connectivity index (χ2v) is 5.65. The molecule has 2 aromatic rings. The van der Waals surface area contributed by atoms with E-state index in [2.05, 4.69) is 0 Å². The first-order valence-electron chi connectivity index (χ1n) is 8.20. The molecule has 0 saturated carbocycles. The highest BCUT2D eigenvalue weighted by molar-refractivity contribution is 6.05. The highest BCUT2D eigenvalue weighted by Crippen LogP contribution is 2.37. The number of hydrogen-bond acceptors (Lipinski definition) is 6. The number of ether oxygens (including phenoxy) is 5. The largest absolute Gasteiger partial charge is 0.497 e. The summed E-state index contributed by atoms with van der Waals surface area (Å²) in [6, 6.07) is 10.7. The summed E-state index contributed by atoms with van der Waals surface area (Å²) in [6.45, 7) is 0. The van der Waals surface area contributed by atoms with Gasteiger partial charge in [-0.3, -0.25) is 0 Å². The third kappa shape index (κ3) is 3.60. The summed E-state index contributed by atoms with van der Waals surface area (Å²) in [7, 11) is 6.24. The number of carbonyl (C=O) groups excluding carboxylic acids is 1. The molecule has 0 spiro atoms. The number of hydrogen-bond donors (Lipinski definition) is 0. The van der Waals surface area contributed by atoms with Crippen molar-refractivity contribution < 1.29 is 28.5 Å². The molecule has 27 heavy (non-hydrogen) atoms. The van der Waals surface area contributed by atoms with Crippen molar-refractivity contribution in [3.8, 4) is 23.0 Å². The van der Waals surface area contributed by atoms with Gasteiger partial charge in [0.2, 0.25) is 0 Å². The Labute approximate surface area is 157 Å². The van der Waals surface area contributed by atoms with E-state index < -0.39 is 5.97 Å². The quantitative estimate of drug-likeness (QED) is 0.572. The molecule has 0 unspecified atom stereocenters. The summed E-state index contributed by atoms with van der Waals surface area (Å²) >= 11 is 0. The lowest BCUT2D eigenvalue weighted by Gasteiger charge is -2.10. The topological polar surface area (TPSA) is 63.2 Å². The Morgan fingerprint density at radius 2 is 1.67 bits per heavy atom. The van der Waals surface area contributed by atoms with Gasteiger partial charge in [-0.1, -0.05) is 12.1 Å². The number of carbonyl (C=O) groups is 1. The number of rotatable bonds is 6. The fourth-order valence-corrected chi connectivity index (χ4v) is 2.82. The van der Waals surface area contributed by atoms with E-state index in [0.717, 1.165) is 0 Å². The van der Waals surface area contributed by atoms with Crippen LogP contribution in [0.5, 0.6) is 23.0 Å². The molecule has 1 aliphatic heterocycles. The van der Waals surface area contributed by atoms with E-state index in [4.69, 9.17) is 23.7 Å². The van der Waals surface area contributed by atoms with Crippen LogP contribution < -0.4 is 18.9 Å². The Bertz CT molecular complexity index is 926. The monoisotopic (exact) mass is 368 g/mol. The minimum atomic E-state index is -0.451. The van der Waals surface area contributed by atoms with Crippen molar-refractivity contribution in [2.75, 3.05) is 28.4 Å². The molecule has 0 saturated heterocycles. The van der Waals surface area contributed by atoms with E-state index in [1.807, 2.05) is 12.1 Å². The van der Waals surface area contributed by atoms with Gasteiger partial charge in [-0.15, -0.1) is 0 Å². The molecule has 0 amide bonds. The van der Waals surface area contributed by atoms with Crippen LogP contribution in [0.4, 0.5) is 0 Å². The van der Waals surface area contributed by atoms with Gasteiger partial charge in [0.05, 0.1) is 39.6 Å². The molecule has 140 valence electrons. The van der Waals surface area contributed by atoms with Crippen LogP contribution >= 0.6 is 0 Å². The van der Waals surface area contributed by atoms with Crippen LogP contribution in [0.2, 0.25) is 0 Å². The first kappa shape index (κ1) is 18.4. The van der Waals surface area contributed by atoms with Gasteiger partial charge in [-0.2, -0.15) is 0 Å². The molecule has 0 bridgehead atoms. The smallest absolute Gasteiger partial charge is 0.343 e. The predicted octanol–water partition coefficient (Wildman–Crippen LogP) is 3.70. The minimum absolute atomic E-state index is 0.398. The van der Waals surface area contributed by atoms with Gasteiger partial charge in [-0.25, -0.2) is 4.79 Å². The van der Waals surface area contributed by atoms with Crippen LogP contribution in [0.25, 0.3) is 11.8 Å². The number of esters is 1. The minimum Gasteiger partial charge on any atom is -0.497 e. The molecule has 0 aromatic heterocycles. The molecule has 6 nitrogen and oxygen atoms in total. The summed E-state index contributed by atoms with van der Waals surface area (Å²) in [5, 5.41) is 0. The molecule has 0 N–H and O–H groups in total. The standard InChI is InChI=1S/C21H20O6/c1-23-15-8-9-16(18(12-15)25-3)19-11-14(21(22)27-19)10-13-6-5-7-17(24-2)20(13)26-4/h5-12H,1-4H3/b14-10-. The van der Waals surface area contributed by atoms with Crippen LogP contribution in [-0.4, -0.2) is 34.4 Å². The van der Waals surface area contributed by atoms with Gasteiger partial charge in [0, 0.05) is 11.6 Å². The Kier molecular flexibility index (Phi) is 5.35. The molecule has 2 aromatic carbocycles. The van der Waals surface area contributed by atoms with Crippen molar-refractivity contribution in [2.45, 2.75) is 0 Å². The average Bonchev–Trinajstić information content (AvgIpc) is 3.07. The lowest BCUT2D eigenvalue weighted by molar-refractivity contribution is -0.130. The lowest BCUT2D eigenvalue weighted by Crippen LogP contribution is -1.99. The van der Waals surface area contributed by atoms with Gasteiger partial charge in [0.1, 0.15) is 17.3 Å². The van der Waals surface area contributed by atoms with E-state index in [1.54, 1.807) is 64.9 Å². The molecule has 0 aliphatic carbocycles. The molecular weight excluding hydrogens is 348 g/mol. The first-order chi connectivity index (χ1) is 13.1. The third-order valence-corrected chi connectivity index (χ3v) is 4.14. The Hall–Kier alpha value is -3.41. The maximum Gasteiger partial charge on any atom is 0.343 e. The van der Waals surface area contributed by atoms with Crippen molar-refractivity contribution in [2.24, 2.45) is 0 Å². The number of benzene rings is 2. The van der Waals surface area contributed by atoms with Gasteiger partial charge in [0.25, 0.3) is 0 Å². The van der Waals surface area contributed by atoms with Crippen LogP contribution in [0.3, 0.4) is 0 Å². The number of methoxy groups -OCH3 is 4. The van der Waals surface area contributed by atoms with Crippen LogP contribution in [0, 0.1) is 0 Å². The van der Waals surface area contributed by atoms with Crippen LogP contribution in [-0.2, 0) is 9.53 Å². The summed E-state index contributed by atoms with van der Waals surface area (Å²) in [5.74, 6) is 2.29. The molecule has 1 heterocycles. The van der Waals surface area contributed by atoms with E-state index in [1.165, 1.54) is 0 Å². The summed E-state index contributed by atoms with van der Waals surface area (Å²) in [6.07, 6.45) is 3.37. The molecular formula is C21H20O6. The fraction of sp³-hybridized carbons (Fsp3) is 0.190. The van der Waals surface area contributed by atoms with Crippen molar-refractivity contribution in [1.82, 2.24) is 0 Å². The van der Waals surface area contributed by atoms with E-state index in [-0.39, 0.29) is 0 Å². The lowest BCUT2D eigenvalue weighted by atomic mass is 10.1. The molecule has 6 heteroatoms. The fourth-order valence-electron chi connectivity index (χ4n) is 2.82. The van der Waals surface area contributed by atoms with Gasteiger partial charge < -0.3 is 23.7 Å². The predicted molar refractivity (Wildman–Crippen MR) is 101 cm³/mol. The highest BCUT2D eigenvalue weighted by atomic mass is 16.5. The molecule has 0 radical (unpaired) electrons. The maximum atomic E-state index is 12.4. The van der Waals surface area contributed by atoms with Crippen molar-refractivity contribution in [3.05, 3.63) is 59.2 Å². The Morgan fingerprint density at radius 3 is 2.33 bits per heavy atom. The van der Waals surface area contributed by atoms with Crippen LogP contribution in [0.1, 0.15) is 11.1 Å². The Balaban J connectivity index is 2.02. The molecule has 3 rings (SSSR count). The number of para-hydroxylation sites is 1. The van der Waals surface area contributed by atoms with Crippen molar-refractivity contribution in [3.63, 3.8) is 0 Å². The average molecular weight is 368 g/mol. The summed E-state index contributed by atoms with van der Waals surface area (Å²) in [4.78, 5) is 12.4. The van der Waals surface area contributed by atoms with Crippen LogP contribution in [0.15, 0.2) is 48.0 Å². The van der Waals surface area contributed by atoms with E-state index >= 15 is 0 Å². The van der Waals surface area contributed by atoms with Crippen molar-refractivity contribution >= 4 is 17.8 Å². The van der Waals surface area contributed by atoms with Gasteiger partial charge >= 0.3 is 5.97 Å². The maximum absolute atomic E-state index is 12.4. The zero-order valence-corrected chi connectivity index (χ0v) is 15.6. The van der Waals surface area contributed by atoms with Crippen molar-refractivity contribution in [1.29, 1.82) is 0 Å². The summed E-state index contributed by atoms with van der Waals surface area (Å²) in [5.41, 5.74) is 1.77. The zero-order chi connectivity index (χ0) is 19.4. The third-order valence-electron chi connectivity index (χ3n) is 4.14. The zero-order valence-electron chi connectivity index (χ0n) is 15.6. The number of cyclic esters (lactones) is 1. The normalized spacial score (nSPS) is 14.6. The highest BCUT2D eigenvalue weighted by Gasteiger charge is 2.25. The van der Waals surface area contributed by atoms with E-state index in [0.29, 0.717) is 45.5 Å². The molecule has 1 aliphatic rings. The Morgan fingerprint density at radius 1 is 0.889 bits per heavy atom. The van der Waals surface area contributed by atoms with Gasteiger partial charge in [0.15, 0.2) is 11.5 Å². The first-order valence-corrected chi connectivity index (χ1v) is 8.20. The van der Waals surface area contributed by atoms with Gasteiger partial charge in [-0.05, 0) is 30.4 Å². The second-order valence-electron chi connectivity index (χ2n) is 5.65. The molecule has 0 fully saturated rings. The SMILES string of the molecule is COc1ccc(C2=C/C(=C/c3cccc(OC)c3OC)C(=O)O2)c(OC)c1. The second kappa shape index (κ2) is 7.86. The molecule has 0 atom stereocenters. The van der Waals surface area contributed by atoms with E-state index in [9.17, 15) is 4.79 Å².